The predicted octanol–water partition coefficient (Wildman–Crippen LogP) is 0.628. The molecule has 1 aromatic rings. The van der Waals surface area contributed by atoms with Gasteiger partial charge in [-0.3, -0.25) is 9.62 Å². The molecule has 20 heavy (non-hydrogen) atoms. The van der Waals surface area contributed by atoms with Gasteiger partial charge in [0, 0.05) is 24.8 Å². The molecule has 0 unspecified atom stereocenters. The predicted molar refractivity (Wildman–Crippen MR) is 75.0 cm³/mol. The van der Waals surface area contributed by atoms with Crippen LogP contribution < -0.4 is 9.62 Å². The van der Waals surface area contributed by atoms with Crippen LogP contribution in [0.25, 0.3) is 0 Å². The van der Waals surface area contributed by atoms with Gasteiger partial charge in [0.15, 0.2) is 0 Å². The fraction of sp³-hybridized carbons (Fsp3) is 0.545. The molecule has 110 valence electrons. The van der Waals surface area contributed by atoms with Crippen LogP contribution >= 0.6 is 0 Å². The maximum Gasteiger partial charge on any atom is 0.325 e. The molecule has 9 heteroatoms. The third kappa shape index (κ3) is 2.82. The average Bonchev–Trinajstić information content (AvgIpc) is 2.32. The zero-order valence-corrected chi connectivity index (χ0v) is 12.6. The molecule has 1 aliphatic rings. The molecule has 0 saturated carbocycles. The summed E-state index contributed by atoms with van der Waals surface area (Å²) in [5.41, 5.74) is 0.778. The number of nitrogens with one attached hydrogen (secondary N) is 1. The number of hydrogen-bond acceptors (Lipinski definition) is 5. The molecule has 0 radical (unpaired) electrons. The van der Waals surface area contributed by atoms with Gasteiger partial charge in [-0.15, -0.1) is 0 Å². The Morgan fingerprint density at radius 2 is 2.05 bits per heavy atom. The summed E-state index contributed by atoms with van der Waals surface area (Å²) in [5, 5.41) is 0. The van der Waals surface area contributed by atoms with Crippen molar-refractivity contribution in [3.63, 3.8) is 0 Å². The fourth-order valence-electron chi connectivity index (χ4n) is 1.95. The first kappa shape index (κ1) is 14.5. The summed E-state index contributed by atoms with van der Waals surface area (Å²) in [6, 6.07) is -0.108. The van der Waals surface area contributed by atoms with Crippen molar-refractivity contribution in [2.75, 3.05) is 22.9 Å². The van der Waals surface area contributed by atoms with E-state index < -0.39 is 10.0 Å². The van der Waals surface area contributed by atoms with Gasteiger partial charge in [0.25, 0.3) is 0 Å². The summed E-state index contributed by atoms with van der Waals surface area (Å²) < 4.78 is 24.6. The Kier molecular flexibility index (Phi) is 3.55. The number of hydrogen-bond donors (Lipinski definition) is 1. The van der Waals surface area contributed by atoms with Gasteiger partial charge in [-0.05, 0) is 13.8 Å². The molecule has 8 nitrogen and oxygen atoms in total. The van der Waals surface area contributed by atoms with Gasteiger partial charge in [0.05, 0.1) is 12.8 Å². The molecule has 0 fully saturated rings. The van der Waals surface area contributed by atoms with E-state index in [2.05, 4.69) is 14.7 Å². The number of nitrogens with zero attached hydrogens (tertiary/aromatic N) is 4. The van der Waals surface area contributed by atoms with Crippen LogP contribution in [0.15, 0.2) is 6.20 Å². The Morgan fingerprint density at radius 3 is 2.60 bits per heavy atom. The Hall–Kier alpha value is -1.90. The monoisotopic (exact) mass is 299 g/mol. The van der Waals surface area contributed by atoms with E-state index >= 15 is 0 Å². The number of aromatic nitrogens is 2. The van der Waals surface area contributed by atoms with Gasteiger partial charge in [0.1, 0.15) is 5.82 Å². The van der Waals surface area contributed by atoms with E-state index in [1.165, 1.54) is 11.1 Å². The maximum atomic E-state index is 12.2. The molecule has 0 saturated heterocycles. The lowest BCUT2D eigenvalue weighted by molar-refractivity contribution is 0.183. The molecule has 1 aliphatic heterocycles. The first-order valence-corrected chi connectivity index (χ1v) is 7.96. The second-order valence-electron chi connectivity index (χ2n) is 4.98. The van der Waals surface area contributed by atoms with Crippen LogP contribution in [-0.4, -0.2) is 48.7 Å². The average molecular weight is 299 g/mol. The minimum absolute atomic E-state index is 0.0381. The van der Waals surface area contributed by atoms with Crippen LogP contribution in [0.4, 0.5) is 16.6 Å². The van der Waals surface area contributed by atoms with Crippen molar-refractivity contribution in [2.45, 2.75) is 26.4 Å². The molecule has 2 amide bonds. The number of fused-ring (bicyclic) bond motifs is 1. The summed E-state index contributed by atoms with van der Waals surface area (Å²) in [5.74, 6) is 0.386. The van der Waals surface area contributed by atoms with E-state index in [0.717, 1.165) is 11.8 Å². The molecule has 0 spiro atoms. The van der Waals surface area contributed by atoms with Crippen molar-refractivity contribution in [2.24, 2.45) is 0 Å². The van der Waals surface area contributed by atoms with Crippen LogP contribution in [0.2, 0.25) is 0 Å². The Labute approximate surface area is 117 Å². The van der Waals surface area contributed by atoms with Crippen molar-refractivity contribution >= 4 is 27.8 Å². The number of rotatable bonds is 3. The molecular formula is C11H17N5O3S. The number of anilines is 2. The summed E-state index contributed by atoms with van der Waals surface area (Å²) in [6.45, 7) is 4.27. The molecule has 1 N–H and O–H groups in total. The van der Waals surface area contributed by atoms with Crippen molar-refractivity contribution in [1.82, 2.24) is 14.9 Å². The second-order valence-corrected chi connectivity index (χ2v) is 6.73. The zero-order valence-electron chi connectivity index (χ0n) is 11.8. The number of sulfonamides is 1. The standard InChI is InChI=1S/C11H17N5O3S/c1-7(2)16-6-8-5-12-10(14-20(4,18)19)13-9(8)15(3)11(16)17/h5,7H,6H2,1-4H3,(H,12,13,14). The van der Waals surface area contributed by atoms with Crippen LogP contribution in [0, 0.1) is 0 Å². The van der Waals surface area contributed by atoms with E-state index in [9.17, 15) is 13.2 Å². The number of carbonyl (C=O) groups is 1. The van der Waals surface area contributed by atoms with Crippen LogP contribution in [-0.2, 0) is 16.6 Å². The Balaban J connectivity index is 2.39. The first-order valence-electron chi connectivity index (χ1n) is 6.07. The first-order chi connectivity index (χ1) is 9.19. The van der Waals surface area contributed by atoms with E-state index in [-0.39, 0.29) is 18.0 Å². The molecule has 1 aromatic heterocycles. The van der Waals surface area contributed by atoms with Crippen LogP contribution in [0.5, 0.6) is 0 Å². The summed E-state index contributed by atoms with van der Waals surface area (Å²) in [6.07, 6.45) is 2.55. The highest BCUT2D eigenvalue weighted by Crippen LogP contribution is 2.27. The number of amides is 2. The summed E-state index contributed by atoms with van der Waals surface area (Å²) >= 11 is 0. The highest BCUT2D eigenvalue weighted by atomic mass is 32.2. The van der Waals surface area contributed by atoms with E-state index in [4.69, 9.17) is 0 Å². The highest BCUT2D eigenvalue weighted by Gasteiger charge is 2.31. The van der Waals surface area contributed by atoms with Crippen molar-refractivity contribution < 1.29 is 13.2 Å². The highest BCUT2D eigenvalue weighted by molar-refractivity contribution is 7.91. The lowest BCUT2D eigenvalue weighted by atomic mass is 10.2. The minimum atomic E-state index is -3.45. The normalized spacial score (nSPS) is 15.6. The van der Waals surface area contributed by atoms with Gasteiger partial charge >= 0.3 is 6.03 Å². The number of carbonyl (C=O) groups excluding carboxylic acids is 1. The largest absolute Gasteiger partial charge is 0.325 e. The number of urea groups is 1. The zero-order chi connectivity index (χ0) is 15.1. The topological polar surface area (TPSA) is 95.5 Å². The van der Waals surface area contributed by atoms with E-state index in [1.54, 1.807) is 11.9 Å². The maximum absolute atomic E-state index is 12.2. The van der Waals surface area contributed by atoms with Gasteiger partial charge in [-0.2, -0.15) is 4.98 Å². The van der Waals surface area contributed by atoms with E-state index in [0.29, 0.717) is 12.4 Å². The molecular weight excluding hydrogens is 282 g/mol. The van der Waals surface area contributed by atoms with Crippen molar-refractivity contribution in [3.8, 4) is 0 Å². The second kappa shape index (κ2) is 4.89. The summed E-state index contributed by atoms with van der Waals surface area (Å²) in [7, 11) is -1.84. The fourth-order valence-corrected chi connectivity index (χ4v) is 2.38. The molecule has 0 atom stereocenters. The third-order valence-electron chi connectivity index (χ3n) is 2.93. The molecule has 0 aliphatic carbocycles. The molecule has 0 bridgehead atoms. The smallest absolute Gasteiger partial charge is 0.317 e. The SMILES string of the molecule is CC(C)N1Cc2cnc(NS(C)(=O)=O)nc2N(C)C1=O. The van der Waals surface area contributed by atoms with E-state index in [1.807, 2.05) is 13.8 Å². The van der Waals surface area contributed by atoms with Crippen molar-refractivity contribution in [3.05, 3.63) is 11.8 Å². The molecule has 0 aromatic carbocycles. The quantitative estimate of drug-likeness (QED) is 0.883. The third-order valence-corrected chi connectivity index (χ3v) is 3.49. The van der Waals surface area contributed by atoms with Crippen LogP contribution in [0.3, 0.4) is 0 Å². The Bertz CT molecular complexity index is 643. The Morgan fingerprint density at radius 1 is 1.40 bits per heavy atom. The van der Waals surface area contributed by atoms with Crippen LogP contribution in [0.1, 0.15) is 19.4 Å². The van der Waals surface area contributed by atoms with Crippen molar-refractivity contribution in [1.29, 1.82) is 0 Å². The lowest BCUT2D eigenvalue weighted by Gasteiger charge is -2.36. The van der Waals surface area contributed by atoms with Gasteiger partial charge in [-0.25, -0.2) is 18.2 Å². The van der Waals surface area contributed by atoms with Gasteiger partial charge in [0.2, 0.25) is 16.0 Å². The lowest BCUT2D eigenvalue weighted by Crippen LogP contribution is -2.48. The molecule has 2 rings (SSSR count). The molecule has 2 heterocycles. The van der Waals surface area contributed by atoms with Gasteiger partial charge < -0.3 is 4.90 Å². The minimum Gasteiger partial charge on any atom is -0.317 e. The van der Waals surface area contributed by atoms with Gasteiger partial charge in [-0.1, -0.05) is 0 Å². The summed E-state index contributed by atoms with van der Waals surface area (Å²) in [4.78, 5) is 23.3.